The van der Waals surface area contributed by atoms with Crippen molar-refractivity contribution in [3.63, 3.8) is 0 Å². The highest BCUT2D eigenvalue weighted by atomic mass is 35.5. The Morgan fingerprint density at radius 2 is 1.72 bits per heavy atom. The van der Waals surface area contributed by atoms with Crippen LogP contribution in [-0.2, 0) is 9.53 Å². The molecule has 1 amide bonds. The number of hydrogen-bond donors (Lipinski definition) is 1. The number of hydrogen-bond acceptors (Lipinski definition) is 4. The van der Waals surface area contributed by atoms with Crippen LogP contribution in [-0.4, -0.2) is 23.0 Å². The minimum absolute atomic E-state index is 0.0739. The van der Waals surface area contributed by atoms with Crippen molar-refractivity contribution in [3.05, 3.63) is 57.4 Å². The van der Waals surface area contributed by atoms with Crippen LogP contribution in [0, 0.1) is 27.7 Å². The first-order chi connectivity index (χ1) is 11.7. The molecular weight excluding hydrogens is 340 g/mol. The fraction of sp³-hybridized carbons (Fsp3) is 0.316. The monoisotopic (exact) mass is 360 g/mol. The summed E-state index contributed by atoms with van der Waals surface area (Å²) in [7, 11) is 0. The molecule has 0 bridgehead atoms. The highest BCUT2D eigenvalue weighted by molar-refractivity contribution is 6.32. The maximum absolute atomic E-state index is 12.4. The Bertz CT molecular complexity index is 790. The summed E-state index contributed by atoms with van der Waals surface area (Å²) in [5.41, 5.74) is 4.15. The maximum Gasteiger partial charge on any atom is 0.342 e. The Labute approximate surface area is 152 Å². The van der Waals surface area contributed by atoms with Gasteiger partial charge < -0.3 is 10.1 Å². The number of nitrogens with zero attached hydrogens (tertiary/aromatic N) is 1. The summed E-state index contributed by atoms with van der Waals surface area (Å²) in [6, 6.07) is 7.46. The van der Waals surface area contributed by atoms with Crippen LogP contribution in [0.1, 0.15) is 39.7 Å². The Hall–Kier alpha value is -2.40. The lowest BCUT2D eigenvalue weighted by molar-refractivity contribution is -0.123. The minimum atomic E-state index is -0.969. The molecule has 0 fully saturated rings. The van der Waals surface area contributed by atoms with Crippen molar-refractivity contribution in [1.82, 2.24) is 4.98 Å². The van der Waals surface area contributed by atoms with Gasteiger partial charge in [-0.2, -0.15) is 0 Å². The van der Waals surface area contributed by atoms with Gasteiger partial charge in [-0.1, -0.05) is 29.8 Å². The summed E-state index contributed by atoms with van der Waals surface area (Å²) in [6.07, 6.45) is -0.969. The second-order valence-corrected chi connectivity index (χ2v) is 6.41. The van der Waals surface area contributed by atoms with Gasteiger partial charge in [0.15, 0.2) is 6.10 Å². The fourth-order valence-corrected chi connectivity index (χ4v) is 2.91. The van der Waals surface area contributed by atoms with E-state index in [-0.39, 0.29) is 10.7 Å². The molecular formula is C19H21ClN2O3. The third-order valence-corrected chi connectivity index (χ3v) is 4.16. The SMILES string of the molecule is Cc1cc(C)c(C(=O)O[C@@H](C)C(=O)Nc2c(C)cccc2C)c(Cl)n1. The van der Waals surface area contributed by atoms with E-state index in [1.807, 2.05) is 32.0 Å². The fourth-order valence-electron chi connectivity index (χ4n) is 2.55. The van der Waals surface area contributed by atoms with E-state index in [0.717, 1.165) is 16.8 Å². The second kappa shape index (κ2) is 7.66. The molecule has 1 aromatic carbocycles. The Morgan fingerprint density at radius 1 is 1.12 bits per heavy atom. The largest absolute Gasteiger partial charge is 0.449 e. The number of para-hydroxylation sites is 1. The van der Waals surface area contributed by atoms with E-state index < -0.39 is 18.0 Å². The Balaban J connectivity index is 2.13. The van der Waals surface area contributed by atoms with E-state index in [4.69, 9.17) is 16.3 Å². The molecule has 1 N–H and O–H groups in total. The van der Waals surface area contributed by atoms with Crippen LogP contribution in [0.3, 0.4) is 0 Å². The van der Waals surface area contributed by atoms with E-state index in [9.17, 15) is 9.59 Å². The van der Waals surface area contributed by atoms with Crippen molar-refractivity contribution in [2.75, 3.05) is 5.32 Å². The quantitative estimate of drug-likeness (QED) is 0.656. The van der Waals surface area contributed by atoms with E-state index in [2.05, 4.69) is 10.3 Å². The molecule has 0 aliphatic rings. The number of amides is 1. The third kappa shape index (κ3) is 4.37. The van der Waals surface area contributed by atoms with Crippen LogP contribution in [0.2, 0.25) is 5.15 Å². The molecule has 2 aromatic rings. The molecule has 0 spiro atoms. The normalized spacial score (nSPS) is 11.8. The molecule has 0 aliphatic carbocycles. The molecule has 1 atom stereocenters. The number of esters is 1. The molecule has 0 radical (unpaired) electrons. The minimum Gasteiger partial charge on any atom is -0.449 e. The number of carbonyl (C=O) groups excluding carboxylic acids is 2. The van der Waals surface area contributed by atoms with Gasteiger partial charge in [0.2, 0.25) is 0 Å². The number of pyridine rings is 1. The van der Waals surface area contributed by atoms with Gasteiger partial charge in [-0.05, 0) is 57.4 Å². The maximum atomic E-state index is 12.4. The molecule has 25 heavy (non-hydrogen) atoms. The van der Waals surface area contributed by atoms with Gasteiger partial charge >= 0.3 is 5.97 Å². The van der Waals surface area contributed by atoms with Gasteiger partial charge in [0.05, 0.1) is 5.56 Å². The lowest BCUT2D eigenvalue weighted by Gasteiger charge is -2.17. The summed E-state index contributed by atoms with van der Waals surface area (Å²) in [5, 5.41) is 2.88. The van der Waals surface area contributed by atoms with Crippen molar-refractivity contribution < 1.29 is 14.3 Å². The predicted octanol–water partition coefficient (Wildman–Crippen LogP) is 4.15. The topological polar surface area (TPSA) is 68.3 Å². The Kier molecular flexibility index (Phi) is 5.80. The number of aromatic nitrogens is 1. The van der Waals surface area contributed by atoms with Crippen LogP contribution in [0.15, 0.2) is 24.3 Å². The highest BCUT2D eigenvalue weighted by Gasteiger charge is 2.23. The van der Waals surface area contributed by atoms with Crippen LogP contribution in [0.25, 0.3) is 0 Å². The summed E-state index contributed by atoms with van der Waals surface area (Å²) in [4.78, 5) is 28.8. The summed E-state index contributed by atoms with van der Waals surface area (Å²) < 4.78 is 5.28. The standard InChI is InChI=1S/C19H21ClN2O3/c1-10-7-6-8-11(2)16(10)22-18(23)14(5)25-19(24)15-12(3)9-13(4)21-17(15)20/h6-9,14H,1-5H3,(H,22,23)/t14-/m0/s1. The second-order valence-electron chi connectivity index (χ2n) is 6.05. The van der Waals surface area contributed by atoms with Gasteiger partial charge in [-0.15, -0.1) is 0 Å². The van der Waals surface area contributed by atoms with Crippen molar-refractivity contribution in [2.24, 2.45) is 0 Å². The molecule has 0 saturated carbocycles. The van der Waals surface area contributed by atoms with E-state index in [1.165, 1.54) is 6.92 Å². The lowest BCUT2D eigenvalue weighted by atomic mass is 10.1. The first-order valence-corrected chi connectivity index (χ1v) is 8.30. The van der Waals surface area contributed by atoms with Crippen LogP contribution >= 0.6 is 11.6 Å². The molecule has 0 unspecified atom stereocenters. The number of carbonyl (C=O) groups is 2. The smallest absolute Gasteiger partial charge is 0.342 e. The van der Waals surface area contributed by atoms with Crippen molar-refractivity contribution >= 4 is 29.2 Å². The van der Waals surface area contributed by atoms with E-state index >= 15 is 0 Å². The van der Waals surface area contributed by atoms with Gasteiger partial charge in [0.25, 0.3) is 5.91 Å². The molecule has 132 valence electrons. The molecule has 5 nitrogen and oxygen atoms in total. The first kappa shape index (κ1) is 18.9. The summed E-state index contributed by atoms with van der Waals surface area (Å²) in [6.45, 7) is 8.86. The van der Waals surface area contributed by atoms with Crippen molar-refractivity contribution in [1.29, 1.82) is 0 Å². The third-order valence-electron chi connectivity index (χ3n) is 3.89. The molecule has 1 heterocycles. The zero-order chi connectivity index (χ0) is 18.7. The number of ether oxygens (including phenoxy) is 1. The molecule has 6 heteroatoms. The summed E-state index contributed by atoms with van der Waals surface area (Å²) in [5.74, 6) is -1.07. The van der Waals surface area contributed by atoms with Crippen LogP contribution < -0.4 is 5.32 Å². The van der Waals surface area contributed by atoms with E-state index in [0.29, 0.717) is 11.3 Å². The zero-order valence-electron chi connectivity index (χ0n) is 14.9. The van der Waals surface area contributed by atoms with Crippen LogP contribution in [0.4, 0.5) is 5.69 Å². The van der Waals surface area contributed by atoms with Crippen molar-refractivity contribution in [2.45, 2.75) is 40.7 Å². The number of benzene rings is 1. The zero-order valence-corrected chi connectivity index (χ0v) is 15.7. The van der Waals surface area contributed by atoms with E-state index in [1.54, 1.807) is 19.9 Å². The van der Waals surface area contributed by atoms with Crippen molar-refractivity contribution in [3.8, 4) is 0 Å². The lowest BCUT2D eigenvalue weighted by Crippen LogP contribution is -2.30. The highest BCUT2D eigenvalue weighted by Crippen LogP contribution is 2.22. The average Bonchev–Trinajstić information content (AvgIpc) is 2.49. The van der Waals surface area contributed by atoms with Gasteiger partial charge in [-0.25, -0.2) is 9.78 Å². The predicted molar refractivity (Wildman–Crippen MR) is 98.1 cm³/mol. The number of rotatable bonds is 4. The average molecular weight is 361 g/mol. The van der Waals surface area contributed by atoms with Crippen LogP contribution in [0.5, 0.6) is 0 Å². The number of anilines is 1. The van der Waals surface area contributed by atoms with Gasteiger partial charge in [0.1, 0.15) is 5.15 Å². The van der Waals surface area contributed by atoms with Gasteiger partial charge in [0, 0.05) is 11.4 Å². The molecule has 0 saturated heterocycles. The molecule has 2 rings (SSSR count). The molecule has 1 aromatic heterocycles. The number of halogens is 1. The number of nitrogens with one attached hydrogen (secondary N) is 1. The summed E-state index contributed by atoms with van der Waals surface area (Å²) >= 11 is 6.05. The first-order valence-electron chi connectivity index (χ1n) is 7.92. The molecule has 0 aliphatic heterocycles. The van der Waals surface area contributed by atoms with Gasteiger partial charge in [-0.3, -0.25) is 4.79 Å². The number of aryl methyl sites for hydroxylation is 4. The Morgan fingerprint density at radius 3 is 2.28 bits per heavy atom.